The summed E-state index contributed by atoms with van der Waals surface area (Å²) in [5.74, 6) is -0.241. The third-order valence-electron chi connectivity index (χ3n) is 3.51. The maximum absolute atomic E-state index is 12.3. The normalized spacial score (nSPS) is 10.4. The van der Waals surface area contributed by atoms with Crippen LogP contribution in [0.1, 0.15) is 11.3 Å². The van der Waals surface area contributed by atoms with Crippen molar-refractivity contribution in [3.05, 3.63) is 64.3 Å². The summed E-state index contributed by atoms with van der Waals surface area (Å²) in [5.41, 5.74) is 0.808. The third-order valence-corrected chi connectivity index (χ3v) is 3.51. The van der Waals surface area contributed by atoms with Gasteiger partial charge in [-0.05, 0) is 31.2 Å². The van der Waals surface area contributed by atoms with Crippen molar-refractivity contribution in [3.8, 4) is 17.3 Å². The fraction of sp³-hybridized carbons (Fsp3) is 0.118. The molecule has 0 saturated carbocycles. The fourth-order valence-electron chi connectivity index (χ4n) is 2.27. The zero-order chi connectivity index (χ0) is 17.8. The van der Waals surface area contributed by atoms with Gasteiger partial charge in [-0.15, -0.1) is 0 Å². The summed E-state index contributed by atoms with van der Waals surface area (Å²) in [6.07, 6.45) is 2.86. The number of aromatic hydroxyl groups is 1. The number of nitrogens with zero attached hydrogens (tertiary/aromatic N) is 3. The molecular formula is C17H15N5O3. The number of anilines is 1. The Morgan fingerprint density at radius 2 is 2.00 bits per heavy atom. The molecule has 126 valence electrons. The summed E-state index contributed by atoms with van der Waals surface area (Å²) in [4.78, 5) is 39.4. The summed E-state index contributed by atoms with van der Waals surface area (Å²) < 4.78 is 0. The van der Waals surface area contributed by atoms with Crippen molar-refractivity contribution in [1.29, 1.82) is 0 Å². The number of aryl methyl sites for hydroxylation is 1. The molecule has 3 rings (SSSR count). The number of hydrogen-bond donors (Lipinski definition) is 3. The number of aromatic amines is 1. The molecular weight excluding hydrogens is 322 g/mol. The number of H-pyrrole nitrogens is 1. The zero-order valence-electron chi connectivity index (χ0n) is 13.4. The van der Waals surface area contributed by atoms with Crippen molar-refractivity contribution >= 4 is 11.7 Å². The molecule has 0 fully saturated rings. The van der Waals surface area contributed by atoms with Crippen LogP contribution in [0.2, 0.25) is 0 Å². The Hall–Kier alpha value is -3.55. The van der Waals surface area contributed by atoms with Crippen LogP contribution in [0.25, 0.3) is 11.5 Å². The average molecular weight is 337 g/mol. The van der Waals surface area contributed by atoms with Crippen LogP contribution in [0.5, 0.6) is 5.75 Å². The van der Waals surface area contributed by atoms with Crippen LogP contribution >= 0.6 is 0 Å². The van der Waals surface area contributed by atoms with Crippen molar-refractivity contribution in [3.63, 3.8) is 0 Å². The largest absolute Gasteiger partial charge is 0.504 e. The smallest absolute Gasteiger partial charge is 0.255 e. The SMILES string of the molecule is Cc1nc(-c2ccccn2)[nH]c(=O)c1CC(=O)Nc1ncccc1O. The summed E-state index contributed by atoms with van der Waals surface area (Å²) in [6.45, 7) is 1.66. The lowest BCUT2D eigenvalue weighted by Gasteiger charge is -2.08. The van der Waals surface area contributed by atoms with E-state index in [0.29, 0.717) is 17.2 Å². The molecule has 3 aromatic heterocycles. The van der Waals surface area contributed by atoms with Gasteiger partial charge in [0.05, 0.1) is 6.42 Å². The van der Waals surface area contributed by atoms with Crippen LogP contribution in [-0.4, -0.2) is 30.9 Å². The molecule has 0 bridgehead atoms. The summed E-state index contributed by atoms with van der Waals surface area (Å²) >= 11 is 0. The Morgan fingerprint density at radius 1 is 1.20 bits per heavy atom. The minimum absolute atomic E-state index is 0.0413. The van der Waals surface area contributed by atoms with E-state index in [1.54, 1.807) is 37.4 Å². The van der Waals surface area contributed by atoms with E-state index in [9.17, 15) is 14.7 Å². The third kappa shape index (κ3) is 3.69. The summed E-state index contributed by atoms with van der Waals surface area (Å²) in [5, 5.41) is 12.1. The molecule has 0 aliphatic rings. The molecule has 0 aliphatic carbocycles. The Kier molecular flexibility index (Phi) is 4.51. The highest BCUT2D eigenvalue weighted by molar-refractivity contribution is 5.92. The molecule has 3 heterocycles. The molecule has 25 heavy (non-hydrogen) atoms. The quantitative estimate of drug-likeness (QED) is 0.662. The molecule has 0 aromatic carbocycles. The van der Waals surface area contributed by atoms with E-state index in [0.717, 1.165) is 0 Å². The first-order chi connectivity index (χ1) is 12.0. The Balaban J connectivity index is 1.82. The number of carbonyl (C=O) groups excluding carboxylic acids is 1. The van der Waals surface area contributed by atoms with Gasteiger partial charge in [0, 0.05) is 23.7 Å². The number of nitrogens with one attached hydrogen (secondary N) is 2. The maximum atomic E-state index is 12.3. The van der Waals surface area contributed by atoms with E-state index in [4.69, 9.17) is 0 Å². The lowest BCUT2D eigenvalue weighted by Crippen LogP contribution is -2.24. The molecule has 0 saturated heterocycles. The highest BCUT2D eigenvalue weighted by Crippen LogP contribution is 2.18. The van der Waals surface area contributed by atoms with Crippen molar-refractivity contribution < 1.29 is 9.90 Å². The van der Waals surface area contributed by atoms with E-state index < -0.39 is 11.5 Å². The number of rotatable bonds is 4. The second-order valence-electron chi connectivity index (χ2n) is 5.29. The minimum atomic E-state index is -0.477. The first-order valence-electron chi connectivity index (χ1n) is 7.49. The molecule has 0 unspecified atom stereocenters. The van der Waals surface area contributed by atoms with E-state index in [2.05, 4.69) is 25.3 Å². The average Bonchev–Trinajstić information content (AvgIpc) is 2.61. The molecule has 8 nitrogen and oxygen atoms in total. The monoisotopic (exact) mass is 337 g/mol. The van der Waals surface area contributed by atoms with Crippen LogP contribution in [0, 0.1) is 6.92 Å². The lowest BCUT2D eigenvalue weighted by atomic mass is 10.1. The highest BCUT2D eigenvalue weighted by atomic mass is 16.3. The molecule has 8 heteroatoms. The van der Waals surface area contributed by atoms with Crippen LogP contribution in [0.4, 0.5) is 5.82 Å². The van der Waals surface area contributed by atoms with Gasteiger partial charge in [0.15, 0.2) is 17.4 Å². The van der Waals surface area contributed by atoms with Crippen molar-refractivity contribution in [2.75, 3.05) is 5.32 Å². The van der Waals surface area contributed by atoms with Gasteiger partial charge < -0.3 is 15.4 Å². The molecule has 3 N–H and O–H groups in total. The van der Waals surface area contributed by atoms with Crippen LogP contribution in [0.15, 0.2) is 47.5 Å². The standard InChI is InChI=1S/C17H15N5O3/c1-10-11(9-14(24)21-16-13(23)6-4-8-19-16)17(25)22-15(20-10)12-5-2-3-7-18-12/h2-8,23H,9H2,1H3,(H,19,21,24)(H,20,22,25). The van der Waals surface area contributed by atoms with Gasteiger partial charge in [-0.3, -0.25) is 14.6 Å². The Morgan fingerprint density at radius 3 is 2.68 bits per heavy atom. The van der Waals surface area contributed by atoms with Crippen LogP contribution in [0.3, 0.4) is 0 Å². The van der Waals surface area contributed by atoms with E-state index in [-0.39, 0.29) is 23.6 Å². The Labute approximate surface area is 142 Å². The lowest BCUT2D eigenvalue weighted by molar-refractivity contribution is -0.115. The van der Waals surface area contributed by atoms with Crippen LogP contribution < -0.4 is 10.9 Å². The first-order valence-corrected chi connectivity index (χ1v) is 7.49. The molecule has 0 radical (unpaired) electrons. The van der Waals surface area contributed by atoms with Gasteiger partial charge in [0.1, 0.15) is 5.69 Å². The minimum Gasteiger partial charge on any atom is -0.504 e. The molecule has 3 aromatic rings. The highest BCUT2D eigenvalue weighted by Gasteiger charge is 2.15. The number of amides is 1. The Bertz CT molecular complexity index is 970. The van der Waals surface area contributed by atoms with E-state index in [1.165, 1.54) is 12.3 Å². The second-order valence-corrected chi connectivity index (χ2v) is 5.29. The second kappa shape index (κ2) is 6.91. The fourth-order valence-corrected chi connectivity index (χ4v) is 2.27. The topological polar surface area (TPSA) is 121 Å². The zero-order valence-corrected chi connectivity index (χ0v) is 13.4. The number of hydrogen-bond acceptors (Lipinski definition) is 6. The van der Waals surface area contributed by atoms with Gasteiger partial charge in [-0.2, -0.15) is 0 Å². The number of pyridine rings is 2. The van der Waals surface area contributed by atoms with Crippen molar-refractivity contribution in [2.45, 2.75) is 13.3 Å². The van der Waals surface area contributed by atoms with Gasteiger partial charge >= 0.3 is 0 Å². The van der Waals surface area contributed by atoms with Crippen molar-refractivity contribution in [2.24, 2.45) is 0 Å². The van der Waals surface area contributed by atoms with Gasteiger partial charge in [0.25, 0.3) is 5.56 Å². The molecule has 0 atom stereocenters. The predicted molar refractivity (Wildman–Crippen MR) is 91.1 cm³/mol. The first kappa shape index (κ1) is 16.3. The number of carbonyl (C=O) groups is 1. The summed E-state index contributed by atoms with van der Waals surface area (Å²) in [6, 6.07) is 8.23. The van der Waals surface area contributed by atoms with Crippen molar-refractivity contribution in [1.82, 2.24) is 19.9 Å². The predicted octanol–water partition coefficient (Wildman–Crippen LogP) is 1.42. The van der Waals surface area contributed by atoms with Gasteiger partial charge in [0.2, 0.25) is 5.91 Å². The van der Waals surface area contributed by atoms with E-state index in [1.807, 2.05) is 0 Å². The van der Waals surface area contributed by atoms with E-state index >= 15 is 0 Å². The molecule has 1 amide bonds. The number of aromatic nitrogens is 4. The van der Waals surface area contributed by atoms with Gasteiger partial charge in [-0.25, -0.2) is 9.97 Å². The van der Waals surface area contributed by atoms with Crippen LogP contribution in [-0.2, 0) is 11.2 Å². The molecule has 0 aliphatic heterocycles. The summed E-state index contributed by atoms with van der Waals surface area (Å²) in [7, 11) is 0. The molecule has 0 spiro atoms. The maximum Gasteiger partial charge on any atom is 0.255 e. The van der Waals surface area contributed by atoms with Gasteiger partial charge in [-0.1, -0.05) is 6.07 Å².